The van der Waals surface area contributed by atoms with Crippen LogP contribution in [0, 0.1) is 5.92 Å². The third-order valence-corrected chi connectivity index (χ3v) is 8.67. The quantitative estimate of drug-likeness (QED) is 0.103. The van der Waals surface area contributed by atoms with Crippen LogP contribution >= 0.6 is 0 Å². The molecule has 13 heteroatoms. The Morgan fingerprint density at radius 3 is 2.20 bits per heavy atom. The molecule has 0 heterocycles. The minimum absolute atomic E-state index is 0.00938. The van der Waals surface area contributed by atoms with Crippen molar-refractivity contribution in [1.82, 2.24) is 10.2 Å². The number of aryl methyl sites for hydroxylation is 1. The van der Waals surface area contributed by atoms with Gasteiger partial charge in [-0.3, -0.25) is 9.69 Å². The molecule has 0 aromatic heterocycles. The number of unbranched alkanes of at least 4 members (excludes halogenated alkanes) is 1. The summed E-state index contributed by atoms with van der Waals surface area (Å²) < 4.78 is 94.9. The Morgan fingerprint density at radius 2 is 1.64 bits per heavy atom. The highest BCUT2D eigenvalue weighted by Crippen LogP contribution is 2.51. The first-order chi connectivity index (χ1) is 23.5. The van der Waals surface area contributed by atoms with Gasteiger partial charge >= 0.3 is 18.4 Å². The van der Waals surface area contributed by atoms with Gasteiger partial charge in [-0.05, 0) is 94.2 Å². The van der Waals surface area contributed by atoms with Gasteiger partial charge in [-0.1, -0.05) is 56.9 Å². The number of amides is 3. The van der Waals surface area contributed by atoms with Crippen molar-refractivity contribution in [3.8, 4) is 11.5 Å². The molecule has 0 radical (unpaired) electrons. The van der Waals surface area contributed by atoms with Crippen molar-refractivity contribution in [1.29, 1.82) is 0 Å². The largest absolute Gasteiger partial charge is 0.493 e. The zero-order chi connectivity index (χ0) is 37.1. The van der Waals surface area contributed by atoms with Crippen molar-refractivity contribution in [2.45, 2.75) is 116 Å². The second-order valence-corrected chi connectivity index (χ2v) is 13.0. The van der Waals surface area contributed by atoms with E-state index in [1.165, 1.54) is 6.08 Å². The second-order valence-electron chi connectivity index (χ2n) is 13.0. The van der Waals surface area contributed by atoms with Crippen LogP contribution in [0.25, 0.3) is 6.08 Å². The summed E-state index contributed by atoms with van der Waals surface area (Å²) in [5.74, 6) is 0.937. The maximum atomic E-state index is 13.9. The lowest BCUT2D eigenvalue weighted by atomic mass is 9.86. The number of halogens is 6. The number of aliphatic hydroxyl groups is 1. The van der Waals surface area contributed by atoms with Gasteiger partial charge in [-0.25, -0.2) is 4.79 Å². The first kappa shape index (κ1) is 40.7. The SMILES string of the molecule is CCCc1cc(C(O)(C(F)(F)F)C(F)(F)F)cc(/C=C/C2CCCCC2)c1OCCCCN(C=O)C(=O)NC(C)c1ccc(OC(C)C)cc1. The summed E-state index contributed by atoms with van der Waals surface area (Å²) in [7, 11) is 0. The number of nitrogens with one attached hydrogen (secondary N) is 1. The molecule has 2 aromatic rings. The Balaban J connectivity index is 1.74. The number of imide groups is 1. The van der Waals surface area contributed by atoms with Crippen LogP contribution < -0.4 is 14.8 Å². The number of carbonyl (C=O) groups excluding carboxylic acids is 2. The number of allylic oxidation sites excluding steroid dienone is 1. The van der Waals surface area contributed by atoms with Gasteiger partial charge in [0, 0.05) is 17.7 Å². The average Bonchev–Trinajstić information content (AvgIpc) is 3.05. The van der Waals surface area contributed by atoms with Gasteiger partial charge in [-0.2, -0.15) is 26.3 Å². The highest BCUT2D eigenvalue weighted by molar-refractivity contribution is 5.84. The van der Waals surface area contributed by atoms with Crippen molar-refractivity contribution in [2.75, 3.05) is 13.2 Å². The summed E-state index contributed by atoms with van der Waals surface area (Å²) in [5.41, 5.74) is -5.48. The van der Waals surface area contributed by atoms with Crippen LogP contribution in [0.2, 0.25) is 0 Å². The standard InChI is InChI=1S/C37H48F6N2O5/c1-5-11-29-22-31(35(48,36(38,39)40)37(41,42)43)23-30(15-14-27-12-7-6-8-13-27)33(29)49-21-10-9-20-45(24-46)34(47)44-26(4)28-16-18-32(19-17-28)50-25(2)3/h14-19,22-27,48H,5-13,20-21H2,1-4H3,(H,44,47)/b15-14+. The van der Waals surface area contributed by atoms with Crippen molar-refractivity contribution in [3.63, 3.8) is 0 Å². The van der Waals surface area contributed by atoms with E-state index in [2.05, 4.69) is 5.32 Å². The molecule has 2 aromatic carbocycles. The molecule has 1 aliphatic carbocycles. The molecule has 1 saturated carbocycles. The predicted octanol–water partition coefficient (Wildman–Crippen LogP) is 9.42. The molecule has 3 amide bonds. The highest BCUT2D eigenvalue weighted by Gasteiger charge is 2.71. The number of hydrogen-bond donors (Lipinski definition) is 2. The van der Waals surface area contributed by atoms with Gasteiger partial charge in [0.25, 0.3) is 5.60 Å². The van der Waals surface area contributed by atoms with E-state index in [1.54, 1.807) is 32.1 Å². The Labute approximate surface area is 290 Å². The van der Waals surface area contributed by atoms with Gasteiger partial charge in [0.2, 0.25) is 6.41 Å². The summed E-state index contributed by atoms with van der Waals surface area (Å²) in [5, 5.41) is 13.0. The van der Waals surface area contributed by atoms with E-state index in [0.717, 1.165) is 48.6 Å². The third kappa shape index (κ3) is 10.6. The van der Waals surface area contributed by atoms with E-state index in [4.69, 9.17) is 9.47 Å². The molecule has 0 aliphatic heterocycles. The zero-order valence-corrected chi connectivity index (χ0v) is 29.0. The van der Waals surface area contributed by atoms with Crippen LogP contribution in [-0.2, 0) is 16.8 Å². The van der Waals surface area contributed by atoms with E-state index in [0.29, 0.717) is 37.5 Å². The molecule has 0 spiro atoms. The number of alkyl halides is 6. The monoisotopic (exact) mass is 714 g/mol. The highest BCUT2D eigenvalue weighted by atomic mass is 19.4. The number of urea groups is 1. The average molecular weight is 715 g/mol. The van der Waals surface area contributed by atoms with Crippen molar-refractivity contribution in [3.05, 3.63) is 64.7 Å². The molecule has 1 fully saturated rings. The van der Waals surface area contributed by atoms with Gasteiger partial charge in [0.1, 0.15) is 11.5 Å². The molecular weight excluding hydrogens is 666 g/mol. The molecule has 1 unspecified atom stereocenters. The smallest absolute Gasteiger partial charge is 0.430 e. The minimum atomic E-state index is -6.02. The van der Waals surface area contributed by atoms with Crippen molar-refractivity contribution >= 4 is 18.5 Å². The number of rotatable bonds is 16. The summed E-state index contributed by atoms with van der Waals surface area (Å²) in [6.45, 7) is 7.38. The van der Waals surface area contributed by atoms with Crippen molar-refractivity contribution < 1.29 is 50.5 Å². The molecule has 3 rings (SSSR count). The van der Waals surface area contributed by atoms with Gasteiger partial charge in [0.15, 0.2) is 0 Å². The van der Waals surface area contributed by atoms with Crippen molar-refractivity contribution in [2.24, 2.45) is 5.92 Å². The van der Waals surface area contributed by atoms with Crippen LogP contribution in [0.5, 0.6) is 11.5 Å². The maximum absolute atomic E-state index is 13.9. The van der Waals surface area contributed by atoms with Gasteiger partial charge in [0.05, 0.1) is 18.8 Å². The predicted molar refractivity (Wildman–Crippen MR) is 179 cm³/mol. The lowest BCUT2D eigenvalue weighted by molar-refractivity contribution is -0.376. The number of ether oxygens (including phenoxy) is 2. The molecular formula is C37H48F6N2O5. The molecule has 278 valence electrons. The molecule has 50 heavy (non-hydrogen) atoms. The van der Waals surface area contributed by atoms with E-state index >= 15 is 0 Å². The summed E-state index contributed by atoms with van der Waals surface area (Å²) in [6.07, 6.45) is -2.52. The van der Waals surface area contributed by atoms with Crippen LogP contribution in [0.1, 0.15) is 107 Å². The van der Waals surface area contributed by atoms with Crippen LogP contribution in [-0.4, -0.2) is 54.1 Å². The summed E-state index contributed by atoms with van der Waals surface area (Å²) >= 11 is 0. The fourth-order valence-electron chi connectivity index (χ4n) is 5.95. The van der Waals surface area contributed by atoms with Crippen LogP contribution in [0.15, 0.2) is 42.5 Å². The number of hydrogen-bond acceptors (Lipinski definition) is 5. The van der Waals surface area contributed by atoms with Gasteiger partial charge in [-0.15, -0.1) is 0 Å². The maximum Gasteiger partial charge on any atom is 0.430 e. The topological polar surface area (TPSA) is 88.1 Å². The number of benzene rings is 2. The first-order valence-corrected chi connectivity index (χ1v) is 17.1. The zero-order valence-electron chi connectivity index (χ0n) is 29.0. The molecule has 1 atom stereocenters. The number of nitrogens with zero attached hydrogens (tertiary/aromatic N) is 1. The lowest BCUT2D eigenvalue weighted by Crippen LogP contribution is -2.54. The second kappa shape index (κ2) is 18.0. The molecule has 7 nitrogen and oxygen atoms in total. The Bertz CT molecular complexity index is 1410. The minimum Gasteiger partial charge on any atom is -0.493 e. The van der Waals surface area contributed by atoms with E-state index < -0.39 is 35.6 Å². The fraction of sp³-hybridized carbons (Fsp3) is 0.568. The summed E-state index contributed by atoms with van der Waals surface area (Å²) in [4.78, 5) is 25.5. The Kier molecular flexibility index (Phi) is 14.6. The molecule has 1 aliphatic rings. The van der Waals surface area contributed by atoms with E-state index in [-0.39, 0.29) is 48.5 Å². The molecule has 0 bridgehead atoms. The first-order valence-electron chi connectivity index (χ1n) is 17.1. The Morgan fingerprint density at radius 1 is 1.00 bits per heavy atom. The van der Waals surface area contributed by atoms with E-state index in [9.17, 15) is 41.0 Å². The van der Waals surface area contributed by atoms with Crippen LogP contribution in [0.3, 0.4) is 0 Å². The lowest BCUT2D eigenvalue weighted by Gasteiger charge is -2.33. The van der Waals surface area contributed by atoms with Crippen LogP contribution in [0.4, 0.5) is 31.1 Å². The molecule has 0 saturated heterocycles. The fourth-order valence-corrected chi connectivity index (χ4v) is 5.95. The third-order valence-electron chi connectivity index (χ3n) is 8.67. The van der Waals surface area contributed by atoms with Gasteiger partial charge < -0.3 is 19.9 Å². The summed E-state index contributed by atoms with van der Waals surface area (Å²) in [6, 6.07) is 7.63. The number of carbonyl (C=O) groups is 2. The molecule has 2 N–H and O–H groups in total. The van der Waals surface area contributed by atoms with E-state index in [1.807, 2.05) is 26.0 Å². The Hall–Kier alpha value is -3.74. The normalized spacial score (nSPS) is 15.3.